The van der Waals surface area contributed by atoms with Gasteiger partial charge in [0.15, 0.2) is 5.52 Å². The minimum atomic E-state index is -3.80. The van der Waals surface area contributed by atoms with Crippen molar-refractivity contribution in [1.82, 2.24) is 0 Å². The Bertz CT molecular complexity index is 243. The first-order valence-corrected chi connectivity index (χ1v) is 5.32. The molecule has 0 aliphatic rings. The van der Waals surface area contributed by atoms with Gasteiger partial charge in [-0.25, -0.2) is 8.42 Å². The first kappa shape index (κ1) is 10.3. The molecule has 10 heavy (non-hydrogen) atoms. The molecule has 0 aromatic heterocycles. The number of rotatable bonds is 2. The Morgan fingerprint density at radius 3 is 1.80 bits per heavy atom. The maximum absolute atomic E-state index is 10.6. The molecule has 0 heterocycles. The molecule has 0 aromatic rings. The van der Waals surface area contributed by atoms with E-state index in [2.05, 4.69) is 0 Å². The molecular weight excluding hydrogens is 195 g/mol. The zero-order valence-electron chi connectivity index (χ0n) is 5.59. The van der Waals surface area contributed by atoms with Gasteiger partial charge < -0.3 is 0 Å². The summed E-state index contributed by atoms with van der Waals surface area (Å²) in [6, 6.07) is 0. The highest BCUT2D eigenvalue weighted by molar-refractivity contribution is 8.15. The van der Waals surface area contributed by atoms with E-state index in [-0.39, 0.29) is 0 Å². The zero-order chi connectivity index (χ0) is 8.58. The average Bonchev–Trinajstić information content (AvgIpc) is 1.62. The van der Waals surface area contributed by atoms with Crippen LogP contribution < -0.4 is 0 Å². The number of carbonyl (C=O) groups is 1. The average molecular weight is 203 g/mol. The van der Waals surface area contributed by atoms with Crippen LogP contribution in [0.3, 0.4) is 0 Å². The van der Waals surface area contributed by atoms with E-state index >= 15 is 0 Å². The normalized spacial score (nSPS) is 13.2. The monoisotopic (exact) mass is 202 g/mol. The quantitative estimate of drug-likeness (QED) is 0.490. The largest absolute Gasteiger partial charge is 0.293 e. The molecule has 0 radical (unpaired) electrons. The van der Waals surface area contributed by atoms with Crippen molar-refractivity contribution in [2.45, 2.75) is 18.6 Å². The van der Waals surface area contributed by atoms with Gasteiger partial charge in [0.1, 0.15) is 4.75 Å². The molecule has 0 bridgehead atoms. The third-order valence-corrected chi connectivity index (χ3v) is 4.71. The van der Waals surface area contributed by atoms with Gasteiger partial charge in [0.25, 0.3) is 0 Å². The molecule has 6 heteroatoms. The minimum absolute atomic E-state index is 0.539. The summed E-state index contributed by atoms with van der Waals surface area (Å²) in [5.41, 5.74) is -0.539. The van der Waals surface area contributed by atoms with Crippen molar-refractivity contribution in [2.75, 3.05) is 0 Å². The molecule has 1 atom stereocenters. The van der Waals surface area contributed by atoms with E-state index in [4.69, 9.17) is 10.7 Å². The molecule has 0 aliphatic heterocycles. The summed E-state index contributed by atoms with van der Waals surface area (Å²) in [5.74, 6) is 0. The Balaban J connectivity index is 4.95. The molecular formula is C4H8ClO3PS. The van der Waals surface area contributed by atoms with Gasteiger partial charge in [-0.05, 0) is 13.8 Å². The van der Waals surface area contributed by atoms with Crippen molar-refractivity contribution in [3.63, 3.8) is 0 Å². The molecule has 0 aromatic carbocycles. The summed E-state index contributed by atoms with van der Waals surface area (Å²) in [4.78, 5) is 10.6. The van der Waals surface area contributed by atoms with Gasteiger partial charge in [-0.3, -0.25) is 4.79 Å². The van der Waals surface area contributed by atoms with Crippen LogP contribution >= 0.6 is 19.9 Å². The van der Waals surface area contributed by atoms with Gasteiger partial charge in [0.05, 0.1) is 0 Å². The van der Waals surface area contributed by atoms with Crippen LogP contribution in [0.25, 0.3) is 0 Å². The number of hydrogen-bond acceptors (Lipinski definition) is 3. The molecule has 0 spiro atoms. The first-order chi connectivity index (χ1) is 4.19. The number of hydrogen-bond donors (Lipinski definition) is 0. The van der Waals surface area contributed by atoms with Gasteiger partial charge >= 0.3 is 0 Å². The number of carbonyl (C=O) groups excluding carboxylic acids is 1. The van der Waals surface area contributed by atoms with Crippen molar-refractivity contribution in [3.05, 3.63) is 0 Å². The van der Waals surface area contributed by atoms with E-state index in [1.165, 1.54) is 13.8 Å². The maximum Gasteiger partial charge on any atom is 0.245 e. The smallest absolute Gasteiger partial charge is 0.245 e. The Morgan fingerprint density at radius 2 is 1.80 bits per heavy atom. The van der Waals surface area contributed by atoms with Crippen LogP contribution in [0.5, 0.6) is 0 Å². The van der Waals surface area contributed by atoms with Gasteiger partial charge in [0, 0.05) is 10.7 Å². The van der Waals surface area contributed by atoms with Crippen molar-refractivity contribution < 1.29 is 13.2 Å². The Morgan fingerprint density at radius 1 is 1.50 bits per heavy atom. The molecule has 0 saturated carbocycles. The SMILES string of the molecule is CC(C)(C(=O)P)S(=O)(=O)Cl. The summed E-state index contributed by atoms with van der Waals surface area (Å²) in [6.07, 6.45) is 0. The highest BCUT2D eigenvalue weighted by Crippen LogP contribution is 2.23. The molecule has 0 N–H and O–H groups in total. The molecule has 0 rings (SSSR count). The maximum atomic E-state index is 10.6. The Hall–Kier alpha value is 0.340. The fraction of sp³-hybridized carbons (Fsp3) is 0.750. The summed E-state index contributed by atoms with van der Waals surface area (Å²) < 4.78 is 19.8. The molecule has 0 fully saturated rings. The summed E-state index contributed by atoms with van der Waals surface area (Å²) >= 11 is 0. The highest BCUT2D eigenvalue weighted by Gasteiger charge is 2.37. The van der Waals surface area contributed by atoms with Crippen LogP contribution in [0.2, 0.25) is 0 Å². The minimum Gasteiger partial charge on any atom is -0.293 e. The lowest BCUT2D eigenvalue weighted by molar-refractivity contribution is -0.112. The van der Waals surface area contributed by atoms with E-state index < -0.39 is 19.3 Å². The predicted octanol–water partition coefficient (Wildman–Crippen LogP) is 0.735. The molecule has 3 nitrogen and oxygen atoms in total. The standard InChI is InChI=1S/C4H8ClO3PS/c1-4(2,3(6)9)10(5,7)8/h9H2,1-2H3. The second kappa shape index (κ2) is 2.76. The molecule has 0 saturated heterocycles. The van der Waals surface area contributed by atoms with Crippen LogP contribution in [-0.2, 0) is 13.8 Å². The second-order valence-electron chi connectivity index (χ2n) is 2.31. The second-order valence-corrected chi connectivity index (χ2v) is 5.95. The van der Waals surface area contributed by atoms with Gasteiger partial charge in [-0.15, -0.1) is 0 Å². The highest BCUT2D eigenvalue weighted by atomic mass is 35.7. The fourth-order valence-corrected chi connectivity index (χ4v) is 1.28. The topological polar surface area (TPSA) is 51.2 Å². The molecule has 60 valence electrons. The van der Waals surface area contributed by atoms with Gasteiger partial charge in [0.2, 0.25) is 9.05 Å². The molecule has 0 aliphatic carbocycles. The summed E-state index contributed by atoms with van der Waals surface area (Å²) in [5, 5.41) is 0. The number of halogens is 1. The molecule has 0 amide bonds. The van der Waals surface area contributed by atoms with Crippen LogP contribution in [-0.4, -0.2) is 18.7 Å². The summed E-state index contributed by atoms with van der Waals surface area (Å²) in [6.45, 7) is 2.51. The Labute approximate surface area is 66.8 Å². The zero-order valence-corrected chi connectivity index (χ0v) is 8.32. The van der Waals surface area contributed by atoms with Crippen LogP contribution in [0.15, 0.2) is 0 Å². The lowest BCUT2D eigenvalue weighted by Gasteiger charge is -2.15. The Kier molecular flexibility index (Phi) is 2.85. The van der Waals surface area contributed by atoms with Gasteiger partial charge in [-0.2, -0.15) is 0 Å². The van der Waals surface area contributed by atoms with E-state index in [1.807, 2.05) is 0 Å². The van der Waals surface area contributed by atoms with Crippen LogP contribution in [0.4, 0.5) is 0 Å². The fourth-order valence-electron chi connectivity index (χ4n) is 0.120. The van der Waals surface area contributed by atoms with Crippen molar-refractivity contribution in [3.8, 4) is 0 Å². The third-order valence-electron chi connectivity index (χ3n) is 1.20. The van der Waals surface area contributed by atoms with Crippen LogP contribution in [0.1, 0.15) is 13.8 Å². The predicted molar refractivity (Wildman–Crippen MR) is 43.6 cm³/mol. The van der Waals surface area contributed by atoms with E-state index in [0.717, 1.165) is 0 Å². The summed E-state index contributed by atoms with van der Waals surface area (Å²) in [7, 11) is 2.95. The van der Waals surface area contributed by atoms with Crippen molar-refractivity contribution in [1.29, 1.82) is 0 Å². The van der Waals surface area contributed by atoms with Crippen molar-refractivity contribution in [2.24, 2.45) is 0 Å². The first-order valence-electron chi connectivity index (χ1n) is 2.43. The van der Waals surface area contributed by atoms with E-state index in [0.29, 0.717) is 0 Å². The van der Waals surface area contributed by atoms with E-state index in [9.17, 15) is 13.2 Å². The lowest BCUT2D eigenvalue weighted by Crippen LogP contribution is -2.33. The molecule has 1 unspecified atom stereocenters. The third kappa shape index (κ3) is 1.91. The lowest BCUT2D eigenvalue weighted by atomic mass is 10.2. The van der Waals surface area contributed by atoms with Crippen molar-refractivity contribution >= 4 is 34.5 Å². The van der Waals surface area contributed by atoms with Gasteiger partial charge in [-0.1, -0.05) is 9.24 Å². The van der Waals surface area contributed by atoms with E-state index in [1.54, 1.807) is 9.24 Å². The van der Waals surface area contributed by atoms with Crippen LogP contribution in [0, 0.1) is 0 Å².